The molecule has 6 nitrogen and oxygen atoms in total. The molecule has 1 aliphatic heterocycles. The molecular formula is C18H13BrN4O2. The molecule has 124 valence electrons. The maximum Gasteiger partial charge on any atom is 0.223 e. The minimum Gasteiger partial charge on any atom is -0.460 e. The quantitative estimate of drug-likeness (QED) is 0.670. The molecule has 1 aromatic carbocycles. The van der Waals surface area contributed by atoms with E-state index in [9.17, 15) is 5.26 Å². The molecule has 0 saturated carbocycles. The van der Waals surface area contributed by atoms with Crippen LogP contribution in [0.3, 0.4) is 0 Å². The van der Waals surface area contributed by atoms with Gasteiger partial charge in [-0.25, -0.2) is 4.98 Å². The number of furan rings is 1. The first kappa shape index (κ1) is 15.5. The first-order chi connectivity index (χ1) is 12.1. The fourth-order valence-corrected chi connectivity index (χ4v) is 3.15. The highest BCUT2D eigenvalue weighted by Crippen LogP contribution is 2.41. The fourth-order valence-electron chi connectivity index (χ4n) is 2.89. The van der Waals surface area contributed by atoms with Crippen molar-refractivity contribution < 1.29 is 8.83 Å². The Morgan fingerprint density at radius 3 is 2.68 bits per heavy atom. The molecular weight excluding hydrogens is 384 g/mol. The standard InChI is InChI=1S/C18H13BrN4O2/c1-9-22-16-15(12(8-20)17(21)23-18(16)24-9)14-7-6-13(25-14)10-2-4-11(19)5-3-10/h2-7,15,23H,21H2,1H3. The molecule has 0 fully saturated rings. The van der Waals surface area contributed by atoms with E-state index >= 15 is 0 Å². The van der Waals surface area contributed by atoms with E-state index in [0.717, 1.165) is 10.0 Å². The second kappa shape index (κ2) is 5.83. The summed E-state index contributed by atoms with van der Waals surface area (Å²) in [6, 6.07) is 13.7. The number of nitriles is 1. The van der Waals surface area contributed by atoms with Crippen molar-refractivity contribution in [2.45, 2.75) is 12.8 Å². The Labute approximate surface area is 152 Å². The zero-order chi connectivity index (χ0) is 17.6. The molecule has 0 saturated heterocycles. The van der Waals surface area contributed by atoms with Crippen LogP contribution in [-0.2, 0) is 0 Å². The lowest BCUT2D eigenvalue weighted by Gasteiger charge is -2.20. The number of nitrogens with one attached hydrogen (secondary N) is 1. The van der Waals surface area contributed by atoms with Gasteiger partial charge in [0, 0.05) is 17.0 Å². The number of halogens is 1. The predicted octanol–water partition coefficient (Wildman–Crippen LogP) is 4.26. The number of hydrogen-bond donors (Lipinski definition) is 2. The summed E-state index contributed by atoms with van der Waals surface area (Å²) in [4.78, 5) is 4.40. The Morgan fingerprint density at radius 2 is 1.96 bits per heavy atom. The molecule has 4 rings (SSSR count). The van der Waals surface area contributed by atoms with Crippen LogP contribution in [0.25, 0.3) is 11.3 Å². The number of rotatable bonds is 2. The van der Waals surface area contributed by atoms with Gasteiger partial charge in [-0.3, -0.25) is 0 Å². The largest absolute Gasteiger partial charge is 0.460 e. The molecule has 3 N–H and O–H groups in total. The topological polar surface area (TPSA) is 101 Å². The van der Waals surface area contributed by atoms with Gasteiger partial charge in [-0.1, -0.05) is 28.1 Å². The van der Waals surface area contributed by atoms with Gasteiger partial charge in [0.25, 0.3) is 0 Å². The summed E-state index contributed by atoms with van der Waals surface area (Å²) in [6.45, 7) is 1.74. The first-order valence-corrected chi connectivity index (χ1v) is 8.36. The third kappa shape index (κ3) is 2.61. The highest BCUT2D eigenvalue weighted by Gasteiger charge is 2.35. The molecule has 2 aromatic heterocycles. The van der Waals surface area contributed by atoms with E-state index in [1.807, 2.05) is 36.4 Å². The van der Waals surface area contributed by atoms with Gasteiger partial charge >= 0.3 is 0 Å². The lowest BCUT2D eigenvalue weighted by molar-refractivity contribution is 0.507. The van der Waals surface area contributed by atoms with Crippen LogP contribution in [0.1, 0.15) is 23.3 Å². The Hall–Kier alpha value is -2.98. The maximum absolute atomic E-state index is 9.55. The van der Waals surface area contributed by atoms with Crippen LogP contribution in [0.5, 0.6) is 0 Å². The average molecular weight is 397 g/mol. The number of fused-ring (bicyclic) bond motifs is 1. The van der Waals surface area contributed by atoms with Crippen LogP contribution in [0.2, 0.25) is 0 Å². The van der Waals surface area contributed by atoms with Gasteiger partial charge in [0.1, 0.15) is 29.0 Å². The SMILES string of the molecule is Cc1nc2c(o1)NC(N)=C(C#N)C2c1ccc(-c2ccc(Br)cc2)o1. The number of benzene rings is 1. The summed E-state index contributed by atoms with van der Waals surface area (Å²) in [7, 11) is 0. The third-order valence-corrected chi connectivity index (χ3v) is 4.55. The number of nitrogens with two attached hydrogens (primary N) is 1. The molecule has 25 heavy (non-hydrogen) atoms. The molecule has 3 aromatic rings. The summed E-state index contributed by atoms with van der Waals surface area (Å²) in [5.74, 6) is 1.99. The first-order valence-electron chi connectivity index (χ1n) is 7.56. The van der Waals surface area contributed by atoms with Crippen molar-refractivity contribution in [3.63, 3.8) is 0 Å². The Bertz CT molecular complexity index is 1020. The van der Waals surface area contributed by atoms with E-state index < -0.39 is 5.92 Å². The zero-order valence-corrected chi connectivity index (χ0v) is 14.8. The Morgan fingerprint density at radius 1 is 1.20 bits per heavy atom. The van der Waals surface area contributed by atoms with Gasteiger partial charge in [-0.15, -0.1) is 0 Å². The second-order valence-electron chi connectivity index (χ2n) is 5.65. The van der Waals surface area contributed by atoms with Crippen LogP contribution < -0.4 is 11.1 Å². The molecule has 1 aliphatic rings. The van der Waals surface area contributed by atoms with E-state index in [4.69, 9.17) is 14.6 Å². The van der Waals surface area contributed by atoms with E-state index in [2.05, 4.69) is 32.3 Å². The van der Waals surface area contributed by atoms with Crippen LogP contribution in [0.4, 0.5) is 5.88 Å². The predicted molar refractivity (Wildman–Crippen MR) is 95.4 cm³/mol. The highest BCUT2D eigenvalue weighted by molar-refractivity contribution is 9.10. The van der Waals surface area contributed by atoms with Crippen LogP contribution >= 0.6 is 15.9 Å². The van der Waals surface area contributed by atoms with Crippen LogP contribution in [0.15, 0.2) is 61.1 Å². The van der Waals surface area contributed by atoms with Crippen molar-refractivity contribution in [1.82, 2.24) is 4.98 Å². The van der Waals surface area contributed by atoms with Crippen LogP contribution in [0, 0.1) is 18.3 Å². The van der Waals surface area contributed by atoms with Crippen molar-refractivity contribution in [3.8, 4) is 17.4 Å². The van der Waals surface area contributed by atoms with Gasteiger partial charge in [0.15, 0.2) is 5.89 Å². The molecule has 1 unspecified atom stereocenters. The summed E-state index contributed by atoms with van der Waals surface area (Å²) in [6.07, 6.45) is 0. The van der Waals surface area contributed by atoms with Crippen molar-refractivity contribution in [3.05, 3.63) is 69.6 Å². The highest BCUT2D eigenvalue weighted by atomic mass is 79.9. The van der Waals surface area contributed by atoms with Crippen LogP contribution in [-0.4, -0.2) is 4.98 Å². The van der Waals surface area contributed by atoms with E-state index in [0.29, 0.717) is 34.6 Å². The number of anilines is 1. The number of nitrogens with zero attached hydrogens (tertiary/aromatic N) is 2. The van der Waals surface area contributed by atoms with E-state index in [1.165, 1.54) is 0 Å². The van der Waals surface area contributed by atoms with Crippen molar-refractivity contribution in [2.24, 2.45) is 5.73 Å². The van der Waals surface area contributed by atoms with Gasteiger partial charge < -0.3 is 19.9 Å². The Kier molecular flexibility index (Phi) is 3.62. The summed E-state index contributed by atoms with van der Waals surface area (Å²) in [5.41, 5.74) is 7.88. The number of aryl methyl sites for hydroxylation is 1. The fraction of sp³-hybridized carbons (Fsp3) is 0.111. The van der Waals surface area contributed by atoms with Gasteiger partial charge in [0.05, 0.1) is 11.6 Å². The molecule has 3 heterocycles. The molecule has 0 aliphatic carbocycles. The summed E-state index contributed by atoms with van der Waals surface area (Å²) < 4.78 is 12.6. The van der Waals surface area contributed by atoms with Gasteiger partial charge in [0.2, 0.25) is 5.88 Å². The monoisotopic (exact) mass is 396 g/mol. The lowest BCUT2D eigenvalue weighted by atomic mass is 9.91. The van der Waals surface area contributed by atoms with Gasteiger partial charge in [-0.2, -0.15) is 5.26 Å². The zero-order valence-electron chi connectivity index (χ0n) is 13.2. The summed E-state index contributed by atoms with van der Waals surface area (Å²) in [5, 5.41) is 12.4. The van der Waals surface area contributed by atoms with E-state index in [1.54, 1.807) is 6.92 Å². The number of oxazole rings is 1. The third-order valence-electron chi connectivity index (χ3n) is 4.02. The smallest absolute Gasteiger partial charge is 0.223 e. The molecule has 0 spiro atoms. The number of aromatic nitrogens is 1. The minimum atomic E-state index is -0.497. The molecule has 0 amide bonds. The minimum absolute atomic E-state index is 0.248. The maximum atomic E-state index is 9.55. The molecule has 0 radical (unpaired) electrons. The Balaban J connectivity index is 1.81. The second-order valence-corrected chi connectivity index (χ2v) is 6.57. The average Bonchev–Trinajstić information content (AvgIpc) is 3.20. The number of allylic oxidation sites excluding steroid dienone is 1. The number of hydrogen-bond acceptors (Lipinski definition) is 6. The lowest BCUT2D eigenvalue weighted by Crippen LogP contribution is -2.22. The summed E-state index contributed by atoms with van der Waals surface area (Å²) >= 11 is 3.42. The van der Waals surface area contributed by atoms with Crippen molar-refractivity contribution in [2.75, 3.05) is 5.32 Å². The van der Waals surface area contributed by atoms with E-state index in [-0.39, 0.29) is 5.82 Å². The van der Waals surface area contributed by atoms with Gasteiger partial charge in [-0.05, 0) is 24.3 Å². The van der Waals surface area contributed by atoms with Crippen molar-refractivity contribution in [1.29, 1.82) is 5.26 Å². The molecule has 1 atom stereocenters. The normalized spacial score (nSPS) is 16.3. The van der Waals surface area contributed by atoms with Crippen molar-refractivity contribution >= 4 is 21.8 Å². The molecule has 7 heteroatoms. The molecule has 0 bridgehead atoms.